The van der Waals surface area contributed by atoms with Crippen LogP contribution >= 0.6 is 23.2 Å². The molecule has 0 aliphatic rings. The summed E-state index contributed by atoms with van der Waals surface area (Å²) in [7, 11) is 3.86. The molecule has 0 spiro atoms. The lowest BCUT2D eigenvalue weighted by Crippen LogP contribution is -2.37. The molecular formula is C18H24Cl2N2O3. The molecule has 1 aromatic carbocycles. The monoisotopic (exact) mass is 386 g/mol. The average molecular weight is 387 g/mol. The Morgan fingerprint density at radius 2 is 1.88 bits per heavy atom. The van der Waals surface area contributed by atoms with Gasteiger partial charge in [-0.1, -0.05) is 29.3 Å². The standard InChI is InChI=1S/C18H24Cl2N2O3/c1-4-25-18(24)9-10-22(12-11-21(2)3)17(23)8-6-14-5-7-15(19)13-16(14)20/h5-8,13H,4,9-12H2,1-3H3/b8-6+. The molecule has 0 saturated carbocycles. The number of esters is 1. The summed E-state index contributed by atoms with van der Waals surface area (Å²) in [5, 5.41) is 1.01. The SMILES string of the molecule is CCOC(=O)CCN(CCN(C)C)C(=O)/C=C/c1ccc(Cl)cc1Cl. The van der Waals surface area contributed by atoms with Crippen LogP contribution in [0.3, 0.4) is 0 Å². The van der Waals surface area contributed by atoms with Gasteiger partial charge >= 0.3 is 5.97 Å². The smallest absolute Gasteiger partial charge is 0.307 e. The Morgan fingerprint density at radius 3 is 2.48 bits per heavy atom. The van der Waals surface area contributed by atoms with Crippen LogP contribution in [0.4, 0.5) is 0 Å². The summed E-state index contributed by atoms with van der Waals surface area (Å²) in [5.74, 6) is -0.493. The highest BCUT2D eigenvalue weighted by atomic mass is 35.5. The molecule has 0 fully saturated rings. The number of hydrogen-bond acceptors (Lipinski definition) is 4. The minimum absolute atomic E-state index is 0.169. The molecule has 0 aliphatic carbocycles. The molecule has 0 N–H and O–H groups in total. The number of nitrogens with zero attached hydrogens (tertiary/aromatic N) is 2. The summed E-state index contributed by atoms with van der Waals surface area (Å²) in [4.78, 5) is 27.6. The molecule has 1 aromatic rings. The number of hydrogen-bond donors (Lipinski definition) is 0. The van der Waals surface area contributed by atoms with Crippen molar-refractivity contribution in [3.63, 3.8) is 0 Å². The van der Waals surface area contributed by atoms with E-state index < -0.39 is 0 Å². The highest BCUT2D eigenvalue weighted by Gasteiger charge is 2.13. The van der Waals surface area contributed by atoms with Gasteiger partial charge in [-0.2, -0.15) is 0 Å². The molecule has 0 saturated heterocycles. The van der Waals surface area contributed by atoms with Gasteiger partial charge in [0, 0.05) is 35.8 Å². The number of carbonyl (C=O) groups excluding carboxylic acids is 2. The van der Waals surface area contributed by atoms with Crippen molar-refractivity contribution in [2.45, 2.75) is 13.3 Å². The molecule has 1 amide bonds. The summed E-state index contributed by atoms with van der Waals surface area (Å²) in [5.41, 5.74) is 0.706. The van der Waals surface area contributed by atoms with Crippen LogP contribution in [-0.4, -0.2) is 62.0 Å². The molecule has 0 aliphatic heterocycles. The Balaban J connectivity index is 2.75. The molecule has 0 atom stereocenters. The zero-order chi connectivity index (χ0) is 18.8. The fraction of sp³-hybridized carbons (Fsp3) is 0.444. The topological polar surface area (TPSA) is 49.9 Å². The summed E-state index contributed by atoms with van der Waals surface area (Å²) in [6, 6.07) is 5.08. The number of rotatable bonds is 9. The lowest BCUT2D eigenvalue weighted by atomic mass is 10.2. The van der Waals surface area contributed by atoms with Gasteiger partial charge in [0.2, 0.25) is 5.91 Å². The first-order valence-corrected chi connectivity index (χ1v) is 8.81. The predicted molar refractivity (Wildman–Crippen MR) is 102 cm³/mol. The van der Waals surface area contributed by atoms with E-state index in [2.05, 4.69) is 0 Å². The van der Waals surface area contributed by atoms with Crippen LogP contribution in [0.1, 0.15) is 18.9 Å². The Labute approximate surface area is 159 Å². The highest BCUT2D eigenvalue weighted by Crippen LogP contribution is 2.22. The van der Waals surface area contributed by atoms with E-state index in [0.29, 0.717) is 41.8 Å². The van der Waals surface area contributed by atoms with E-state index in [1.54, 1.807) is 36.1 Å². The molecular weight excluding hydrogens is 363 g/mol. The molecule has 138 valence electrons. The first kappa shape index (κ1) is 21.5. The predicted octanol–water partition coefficient (Wildman–Crippen LogP) is 3.35. The van der Waals surface area contributed by atoms with Gasteiger partial charge in [-0.25, -0.2) is 0 Å². The molecule has 0 heterocycles. The minimum Gasteiger partial charge on any atom is -0.466 e. The van der Waals surface area contributed by atoms with Crippen LogP contribution in [0.25, 0.3) is 6.08 Å². The summed E-state index contributed by atoms with van der Waals surface area (Å²) >= 11 is 12.0. The highest BCUT2D eigenvalue weighted by molar-refractivity contribution is 6.35. The van der Waals surface area contributed by atoms with Crippen molar-refractivity contribution in [3.8, 4) is 0 Å². The second-order valence-electron chi connectivity index (χ2n) is 5.68. The first-order chi connectivity index (χ1) is 11.8. The second-order valence-corrected chi connectivity index (χ2v) is 6.53. The maximum absolute atomic E-state index is 12.5. The summed E-state index contributed by atoms with van der Waals surface area (Å²) in [6.07, 6.45) is 3.27. The quantitative estimate of drug-likeness (QED) is 0.482. The van der Waals surface area contributed by atoms with Gasteiger partial charge in [0.25, 0.3) is 0 Å². The van der Waals surface area contributed by atoms with Crippen LogP contribution in [0.2, 0.25) is 10.0 Å². The van der Waals surface area contributed by atoms with E-state index in [1.165, 1.54) is 6.08 Å². The molecule has 0 radical (unpaired) electrons. The third kappa shape index (κ3) is 8.38. The molecule has 25 heavy (non-hydrogen) atoms. The van der Waals surface area contributed by atoms with Gasteiger partial charge in [-0.3, -0.25) is 9.59 Å². The molecule has 5 nitrogen and oxygen atoms in total. The number of benzene rings is 1. The first-order valence-electron chi connectivity index (χ1n) is 8.06. The minimum atomic E-state index is -0.310. The van der Waals surface area contributed by atoms with Crippen LogP contribution < -0.4 is 0 Å². The largest absolute Gasteiger partial charge is 0.466 e. The van der Waals surface area contributed by atoms with Crippen LogP contribution in [0, 0.1) is 0 Å². The van der Waals surface area contributed by atoms with E-state index in [4.69, 9.17) is 27.9 Å². The average Bonchev–Trinajstić information content (AvgIpc) is 2.53. The normalized spacial score (nSPS) is 11.1. The third-order valence-electron chi connectivity index (χ3n) is 3.39. The Kier molecular flexibility index (Phi) is 9.57. The van der Waals surface area contributed by atoms with Crippen LogP contribution in [0.15, 0.2) is 24.3 Å². The number of amides is 1. The maximum Gasteiger partial charge on any atom is 0.307 e. The Morgan fingerprint density at radius 1 is 1.16 bits per heavy atom. The van der Waals surface area contributed by atoms with Crippen molar-refractivity contribution >= 4 is 41.2 Å². The van der Waals surface area contributed by atoms with Gasteiger partial charge in [0.15, 0.2) is 0 Å². The summed E-state index contributed by atoms with van der Waals surface area (Å²) in [6.45, 7) is 3.61. The van der Waals surface area contributed by atoms with Crippen LogP contribution in [-0.2, 0) is 14.3 Å². The van der Waals surface area contributed by atoms with Crippen molar-refractivity contribution in [1.82, 2.24) is 9.80 Å². The number of ether oxygens (including phenoxy) is 1. The molecule has 0 bridgehead atoms. The van der Waals surface area contributed by atoms with E-state index in [1.807, 2.05) is 19.0 Å². The second kappa shape index (κ2) is 11.1. The van der Waals surface area contributed by atoms with Crippen LogP contribution in [0.5, 0.6) is 0 Å². The number of carbonyl (C=O) groups is 2. The van der Waals surface area contributed by atoms with Crippen molar-refractivity contribution in [2.24, 2.45) is 0 Å². The molecule has 0 aromatic heterocycles. The third-order valence-corrected chi connectivity index (χ3v) is 3.95. The Hall–Kier alpha value is -1.56. The van der Waals surface area contributed by atoms with Crippen molar-refractivity contribution < 1.29 is 14.3 Å². The molecule has 1 rings (SSSR count). The number of halogens is 2. The zero-order valence-electron chi connectivity index (χ0n) is 14.8. The molecule has 7 heteroatoms. The van der Waals surface area contributed by atoms with Gasteiger partial charge in [-0.05, 0) is 44.8 Å². The lowest BCUT2D eigenvalue weighted by Gasteiger charge is -2.22. The van der Waals surface area contributed by atoms with Crippen molar-refractivity contribution in [1.29, 1.82) is 0 Å². The van der Waals surface area contributed by atoms with E-state index in [-0.39, 0.29) is 18.3 Å². The van der Waals surface area contributed by atoms with Gasteiger partial charge in [-0.15, -0.1) is 0 Å². The lowest BCUT2D eigenvalue weighted by molar-refractivity contribution is -0.143. The van der Waals surface area contributed by atoms with Crippen molar-refractivity contribution in [3.05, 3.63) is 39.9 Å². The van der Waals surface area contributed by atoms with E-state index in [9.17, 15) is 9.59 Å². The van der Waals surface area contributed by atoms with E-state index >= 15 is 0 Å². The van der Waals surface area contributed by atoms with Gasteiger partial charge in [0.1, 0.15) is 0 Å². The fourth-order valence-electron chi connectivity index (χ4n) is 2.02. The maximum atomic E-state index is 12.5. The zero-order valence-corrected chi connectivity index (χ0v) is 16.3. The van der Waals surface area contributed by atoms with E-state index in [0.717, 1.165) is 0 Å². The molecule has 0 unspecified atom stereocenters. The van der Waals surface area contributed by atoms with Gasteiger partial charge < -0.3 is 14.5 Å². The fourth-order valence-corrected chi connectivity index (χ4v) is 2.49. The van der Waals surface area contributed by atoms with Crippen molar-refractivity contribution in [2.75, 3.05) is 40.3 Å². The Bertz CT molecular complexity index is 618. The summed E-state index contributed by atoms with van der Waals surface area (Å²) < 4.78 is 4.92. The number of likely N-dealkylation sites (N-methyl/N-ethyl adjacent to an activating group) is 1. The van der Waals surface area contributed by atoms with Gasteiger partial charge in [0.05, 0.1) is 13.0 Å².